The topological polar surface area (TPSA) is 120 Å². The Morgan fingerprint density at radius 3 is 2.50 bits per heavy atom. The molecule has 2 aromatic carbocycles. The number of rotatable bonds is 10. The van der Waals surface area contributed by atoms with Crippen LogP contribution in [0, 0.1) is 0 Å². The van der Waals surface area contributed by atoms with Gasteiger partial charge in [0.2, 0.25) is 5.91 Å². The van der Waals surface area contributed by atoms with E-state index in [4.69, 9.17) is 5.73 Å². The molecule has 0 bridgehead atoms. The zero-order valence-corrected chi connectivity index (χ0v) is 17.8. The minimum Gasteiger partial charge on any atom is -0.480 e. The van der Waals surface area contributed by atoms with Gasteiger partial charge in [-0.05, 0) is 36.2 Å². The number of nitrogens with two attached hydrogens (primary N) is 1. The lowest BCUT2D eigenvalue weighted by molar-refractivity contribution is -0.142. The number of nitrogens with zero attached hydrogens (tertiary/aromatic N) is 2. The smallest absolute Gasteiger partial charge is 0.326 e. The molecule has 2 rings (SSSR count). The van der Waals surface area contributed by atoms with Crippen LogP contribution in [0.1, 0.15) is 18.4 Å². The molecule has 5 N–H and O–H groups in total. The first-order chi connectivity index (χ1) is 14.3. The van der Waals surface area contributed by atoms with E-state index in [1.807, 2.05) is 56.6 Å². The molecule has 0 aromatic heterocycles. The normalized spacial score (nSPS) is 13.6. The molecule has 8 heteroatoms. The number of aliphatic carboxylic acids is 1. The number of carboxylic acids is 1. The van der Waals surface area contributed by atoms with Crippen LogP contribution in [0.5, 0.6) is 0 Å². The summed E-state index contributed by atoms with van der Waals surface area (Å²) in [6, 6.07) is 12.1. The van der Waals surface area contributed by atoms with Gasteiger partial charge in [0, 0.05) is 27.1 Å². The number of fused-ring (bicyclic) bond motifs is 1. The number of carbonyl (C=O) groups is 2. The highest BCUT2D eigenvalue weighted by atomic mass is 16.4. The molecular weight excluding hydrogens is 382 g/mol. The Bertz CT molecular complexity index is 892. The number of nitrogens with one attached hydrogen (secondary N) is 2. The number of amides is 1. The van der Waals surface area contributed by atoms with Crippen molar-refractivity contribution in [2.75, 3.05) is 27.7 Å². The van der Waals surface area contributed by atoms with Gasteiger partial charge in [-0.1, -0.05) is 42.5 Å². The van der Waals surface area contributed by atoms with Crippen LogP contribution in [0.15, 0.2) is 47.5 Å². The van der Waals surface area contributed by atoms with Crippen molar-refractivity contribution in [2.24, 2.45) is 10.7 Å². The van der Waals surface area contributed by atoms with E-state index in [9.17, 15) is 14.7 Å². The standard InChI is InChI=1S/C22H31N5O3/c1-24-18(12-7-13-25-22(23)27(2)3)20(28)26-19(21(29)30)14-16-10-6-9-15-8-4-5-11-17(15)16/h4-6,8-11,18-19,24H,7,12-14H2,1-3H3,(H2,23,25)(H,26,28)(H,29,30). The van der Waals surface area contributed by atoms with E-state index in [0.29, 0.717) is 25.3 Å². The van der Waals surface area contributed by atoms with Crippen molar-refractivity contribution in [3.8, 4) is 0 Å². The van der Waals surface area contributed by atoms with E-state index < -0.39 is 18.1 Å². The van der Waals surface area contributed by atoms with Crippen LogP contribution in [0.4, 0.5) is 0 Å². The molecule has 2 unspecified atom stereocenters. The van der Waals surface area contributed by atoms with Crippen molar-refractivity contribution in [1.29, 1.82) is 0 Å². The molecule has 0 fully saturated rings. The highest BCUT2D eigenvalue weighted by Crippen LogP contribution is 2.20. The molecule has 0 aliphatic carbocycles. The molecule has 30 heavy (non-hydrogen) atoms. The Morgan fingerprint density at radius 1 is 1.13 bits per heavy atom. The molecule has 0 heterocycles. The van der Waals surface area contributed by atoms with Gasteiger partial charge in [0.25, 0.3) is 0 Å². The van der Waals surface area contributed by atoms with Crippen LogP contribution in [0.2, 0.25) is 0 Å². The van der Waals surface area contributed by atoms with Gasteiger partial charge in [-0.15, -0.1) is 0 Å². The SMILES string of the molecule is CNC(CCCN=C(N)N(C)C)C(=O)NC(Cc1cccc2ccccc12)C(=O)O. The van der Waals surface area contributed by atoms with Crippen LogP contribution >= 0.6 is 0 Å². The van der Waals surface area contributed by atoms with Crippen molar-refractivity contribution < 1.29 is 14.7 Å². The molecule has 2 atom stereocenters. The largest absolute Gasteiger partial charge is 0.480 e. The Kier molecular flexibility index (Phi) is 8.61. The summed E-state index contributed by atoms with van der Waals surface area (Å²) in [4.78, 5) is 30.4. The van der Waals surface area contributed by atoms with E-state index in [-0.39, 0.29) is 12.3 Å². The van der Waals surface area contributed by atoms with Gasteiger partial charge >= 0.3 is 5.97 Å². The van der Waals surface area contributed by atoms with Crippen molar-refractivity contribution in [1.82, 2.24) is 15.5 Å². The lowest BCUT2D eigenvalue weighted by atomic mass is 9.98. The van der Waals surface area contributed by atoms with E-state index in [1.54, 1.807) is 11.9 Å². The molecular formula is C22H31N5O3. The fourth-order valence-corrected chi connectivity index (χ4v) is 3.20. The van der Waals surface area contributed by atoms with Crippen molar-refractivity contribution in [2.45, 2.75) is 31.3 Å². The predicted molar refractivity (Wildman–Crippen MR) is 119 cm³/mol. The third-order valence-electron chi connectivity index (χ3n) is 4.97. The van der Waals surface area contributed by atoms with E-state index in [1.165, 1.54) is 0 Å². The third-order valence-corrected chi connectivity index (χ3v) is 4.97. The number of hydrogen-bond donors (Lipinski definition) is 4. The van der Waals surface area contributed by atoms with E-state index >= 15 is 0 Å². The summed E-state index contributed by atoms with van der Waals surface area (Å²) in [6.07, 6.45) is 1.38. The van der Waals surface area contributed by atoms with E-state index in [2.05, 4.69) is 15.6 Å². The van der Waals surface area contributed by atoms with Crippen molar-refractivity contribution in [3.05, 3.63) is 48.0 Å². The fourth-order valence-electron chi connectivity index (χ4n) is 3.20. The van der Waals surface area contributed by atoms with E-state index in [0.717, 1.165) is 16.3 Å². The van der Waals surface area contributed by atoms with Crippen LogP contribution in [-0.2, 0) is 16.0 Å². The molecule has 8 nitrogen and oxygen atoms in total. The first-order valence-corrected chi connectivity index (χ1v) is 9.97. The molecule has 0 saturated heterocycles. The fraction of sp³-hybridized carbons (Fsp3) is 0.409. The summed E-state index contributed by atoms with van der Waals surface area (Å²) in [5, 5.41) is 17.3. The number of benzene rings is 2. The van der Waals surface area contributed by atoms with Crippen LogP contribution < -0.4 is 16.4 Å². The van der Waals surface area contributed by atoms with Crippen LogP contribution in [0.3, 0.4) is 0 Å². The second kappa shape index (κ2) is 11.2. The summed E-state index contributed by atoms with van der Waals surface area (Å²) in [5.74, 6) is -0.967. The maximum absolute atomic E-state index is 12.7. The number of likely N-dealkylation sites (N-methyl/N-ethyl adjacent to an activating group) is 1. The molecule has 0 aliphatic rings. The Balaban J connectivity index is 2.01. The zero-order valence-electron chi connectivity index (χ0n) is 17.8. The quantitative estimate of drug-likeness (QED) is 0.264. The second-order valence-corrected chi connectivity index (χ2v) is 7.36. The van der Waals surface area contributed by atoms with Gasteiger partial charge in [0.05, 0.1) is 6.04 Å². The third kappa shape index (κ3) is 6.45. The first kappa shape index (κ1) is 23.2. The number of aliphatic imine (C=N–C) groups is 1. The predicted octanol–water partition coefficient (Wildman–Crippen LogP) is 1.20. The monoisotopic (exact) mass is 413 g/mol. The lowest BCUT2D eigenvalue weighted by Gasteiger charge is -2.20. The second-order valence-electron chi connectivity index (χ2n) is 7.36. The highest BCUT2D eigenvalue weighted by Gasteiger charge is 2.25. The maximum Gasteiger partial charge on any atom is 0.326 e. The van der Waals surface area contributed by atoms with Gasteiger partial charge in [-0.3, -0.25) is 9.79 Å². The molecule has 0 aliphatic heterocycles. The highest BCUT2D eigenvalue weighted by molar-refractivity contribution is 5.89. The van der Waals surface area contributed by atoms with Crippen molar-refractivity contribution in [3.63, 3.8) is 0 Å². The van der Waals surface area contributed by atoms with Gasteiger partial charge in [0.1, 0.15) is 6.04 Å². The zero-order chi connectivity index (χ0) is 22.1. The molecule has 0 saturated carbocycles. The minimum atomic E-state index is -1.06. The molecule has 0 spiro atoms. The number of hydrogen-bond acceptors (Lipinski definition) is 4. The lowest BCUT2D eigenvalue weighted by Crippen LogP contribution is -2.50. The molecule has 1 amide bonds. The number of carboxylic acid groups (broad SMARTS) is 1. The van der Waals surface area contributed by atoms with Gasteiger partial charge in [0.15, 0.2) is 5.96 Å². The molecule has 0 radical (unpaired) electrons. The Labute approximate surface area is 177 Å². The Hall–Kier alpha value is -3.13. The maximum atomic E-state index is 12.7. The molecule has 2 aromatic rings. The average Bonchev–Trinajstić information content (AvgIpc) is 2.73. The summed E-state index contributed by atoms with van der Waals surface area (Å²) < 4.78 is 0. The van der Waals surface area contributed by atoms with Gasteiger partial charge < -0.3 is 26.4 Å². The summed E-state index contributed by atoms with van der Waals surface area (Å²) >= 11 is 0. The van der Waals surface area contributed by atoms with Gasteiger partial charge in [-0.25, -0.2) is 4.79 Å². The minimum absolute atomic E-state index is 0.211. The van der Waals surface area contributed by atoms with Crippen LogP contribution in [0.25, 0.3) is 10.8 Å². The average molecular weight is 414 g/mol. The summed E-state index contributed by atoms with van der Waals surface area (Å²) in [5.41, 5.74) is 6.64. The summed E-state index contributed by atoms with van der Waals surface area (Å²) in [6.45, 7) is 0.494. The van der Waals surface area contributed by atoms with Crippen molar-refractivity contribution >= 4 is 28.6 Å². The number of carbonyl (C=O) groups excluding carboxylic acids is 1. The Morgan fingerprint density at radius 2 is 1.83 bits per heavy atom. The molecule has 162 valence electrons. The number of guanidine groups is 1. The van der Waals surface area contributed by atoms with Gasteiger partial charge in [-0.2, -0.15) is 0 Å². The first-order valence-electron chi connectivity index (χ1n) is 9.97. The summed E-state index contributed by atoms with van der Waals surface area (Å²) in [7, 11) is 5.30. The van der Waals surface area contributed by atoms with Crippen LogP contribution in [-0.4, -0.2) is 67.6 Å².